The fraction of sp³-hybridized carbons (Fsp3) is 0.550. The number of allylic oxidation sites excluding steroid dienone is 2. The number of carbonyl (C=O) groups excluding carboxylic acids is 2. The molecule has 0 saturated carbocycles. The molecule has 27 heavy (non-hydrogen) atoms. The second kappa shape index (κ2) is 6.55. The minimum Gasteiger partial charge on any atom is -0.462 e. The number of ketones is 1. The molecule has 1 aromatic heterocycles. The first-order valence-electron chi connectivity index (χ1n) is 9.18. The number of ether oxygens (including phenoxy) is 2. The molecule has 3 rings (SSSR count). The molecule has 0 spiro atoms. The molecule has 146 valence electrons. The van der Waals surface area contributed by atoms with Crippen LogP contribution in [0.15, 0.2) is 22.8 Å². The molecule has 1 atom stereocenters. The minimum atomic E-state index is -0.620. The Hall–Kier alpha value is -2.57. The normalized spacial score (nSPS) is 21.9. The molecular weight excluding hydrogens is 346 g/mol. The molecule has 2 heterocycles. The van der Waals surface area contributed by atoms with E-state index in [0.717, 1.165) is 17.0 Å². The third kappa shape index (κ3) is 3.15. The van der Waals surface area contributed by atoms with E-state index in [1.165, 1.54) is 0 Å². The summed E-state index contributed by atoms with van der Waals surface area (Å²) in [5.74, 6) is -0.653. The number of hydrogen-bond acceptors (Lipinski definition) is 6. The molecule has 7 heteroatoms. The minimum absolute atomic E-state index is 0.00496. The van der Waals surface area contributed by atoms with Gasteiger partial charge in [-0.15, -0.1) is 0 Å². The van der Waals surface area contributed by atoms with E-state index in [-0.39, 0.29) is 29.3 Å². The molecule has 0 radical (unpaired) electrons. The number of Topliss-reactive ketones (excluding diaryl/α,β-unsaturated/α-hetero) is 1. The summed E-state index contributed by atoms with van der Waals surface area (Å²) in [4.78, 5) is 25.8. The van der Waals surface area contributed by atoms with Gasteiger partial charge >= 0.3 is 5.97 Å². The second-order valence-corrected chi connectivity index (χ2v) is 8.02. The third-order valence-electron chi connectivity index (χ3n) is 5.30. The summed E-state index contributed by atoms with van der Waals surface area (Å²) in [6.07, 6.45) is 0.972. The highest BCUT2D eigenvalue weighted by molar-refractivity contribution is 6.03. The average molecular weight is 373 g/mol. The summed E-state index contributed by atoms with van der Waals surface area (Å²) < 4.78 is 12.8. The van der Waals surface area contributed by atoms with Gasteiger partial charge in [0.05, 0.1) is 18.2 Å². The Morgan fingerprint density at radius 3 is 2.59 bits per heavy atom. The number of hydrogen-bond donors (Lipinski definition) is 1. The van der Waals surface area contributed by atoms with Gasteiger partial charge in [-0.25, -0.2) is 4.79 Å². The molecule has 0 bridgehead atoms. The summed E-state index contributed by atoms with van der Waals surface area (Å²) >= 11 is 0. The first kappa shape index (κ1) is 19.2. The van der Waals surface area contributed by atoms with Gasteiger partial charge in [0.1, 0.15) is 11.3 Å². The van der Waals surface area contributed by atoms with Gasteiger partial charge in [0, 0.05) is 36.7 Å². The second-order valence-electron chi connectivity index (χ2n) is 8.02. The smallest absolute Gasteiger partial charge is 0.340 e. The van der Waals surface area contributed by atoms with Crippen LogP contribution in [0.5, 0.6) is 0 Å². The summed E-state index contributed by atoms with van der Waals surface area (Å²) in [7, 11) is 1.84. The number of carbonyl (C=O) groups is 2. The molecular formula is C20H27N3O4. The maximum Gasteiger partial charge on any atom is 0.340 e. The Morgan fingerprint density at radius 2 is 2.04 bits per heavy atom. The largest absolute Gasteiger partial charge is 0.462 e. The fourth-order valence-corrected chi connectivity index (χ4v) is 4.09. The zero-order chi connectivity index (χ0) is 20.1. The van der Waals surface area contributed by atoms with Gasteiger partial charge in [-0.2, -0.15) is 5.10 Å². The van der Waals surface area contributed by atoms with Crippen molar-refractivity contribution in [1.82, 2.24) is 9.78 Å². The molecule has 0 amide bonds. The Kier molecular flexibility index (Phi) is 4.66. The van der Waals surface area contributed by atoms with Gasteiger partial charge in [0.2, 0.25) is 5.88 Å². The van der Waals surface area contributed by atoms with Gasteiger partial charge in [-0.3, -0.25) is 9.48 Å². The Balaban J connectivity index is 2.26. The zero-order valence-electron chi connectivity index (χ0n) is 16.8. The van der Waals surface area contributed by atoms with Crippen LogP contribution >= 0.6 is 0 Å². The molecule has 1 aromatic rings. The van der Waals surface area contributed by atoms with E-state index in [1.54, 1.807) is 11.6 Å². The van der Waals surface area contributed by atoms with Crippen molar-refractivity contribution in [2.75, 3.05) is 6.61 Å². The highest BCUT2D eigenvalue weighted by atomic mass is 16.5. The van der Waals surface area contributed by atoms with Crippen LogP contribution in [-0.4, -0.2) is 28.1 Å². The number of nitrogens with zero attached hydrogens (tertiary/aromatic N) is 2. The quantitative estimate of drug-likeness (QED) is 0.818. The zero-order valence-corrected chi connectivity index (χ0v) is 16.8. The number of esters is 1. The lowest BCUT2D eigenvalue weighted by Gasteiger charge is -2.38. The summed E-state index contributed by atoms with van der Waals surface area (Å²) in [5.41, 5.74) is 9.07. The van der Waals surface area contributed by atoms with E-state index in [0.29, 0.717) is 24.2 Å². The maximum absolute atomic E-state index is 13.1. The van der Waals surface area contributed by atoms with Crippen LogP contribution in [0, 0.1) is 19.3 Å². The first-order chi connectivity index (χ1) is 12.6. The Bertz CT molecular complexity index is 889. The SMILES string of the molecule is CCOC(=O)C1=C(N)OC2=C(C(=O)CC(C)(C)C2)C1c1c(C)nn(C)c1C. The highest BCUT2D eigenvalue weighted by Crippen LogP contribution is 2.49. The van der Waals surface area contributed by atoms with E-state index < -0.39 is 11.9 Å². The van der Waals surface area contributed by atoms with Crippen LogP contribution in [0.1, 0.15) is 56.5 Å². The molecule has 1 aliphatic heterocycles. The van der Waals surface area contributed by atoms with Crippen molar-refractivity contribution in [3.8, 4) is 0 Å². The lowest BCUT2D eigenvalue weighted by molar-refractivity contribution is -0.139. The number of nitrogens with two attached hydrogens (primary N) is 1. The van der Waals surface area contributed by atoms with Crippen LogP contribution in [-0.2, 0) is 26.1 Å². The monoisotopic (exact) mass is 373 g/mol. The van der Waals surface area contributed by atoms with Crippen molar-refractivity contribution in [2.45, 2.75) is 53.4 Å². The maximum atomic E-state index is 13.1. The summed E-state index contributed by atoms with van der Waals surface area (Å²) in [6, 6.07) is 0. The molecule has 2 N–H and O–H groups in total. The van der Waals surface area contributed by atoms with E-state index in [2.05, 4.69) is 5.10 Å². The van der Waals surface area contributed by atoms with Crippen molar-refractivity contribution in [3.63, 3.8) is 0 Å². The van der Waals surface area contributed by atoms with Crippen molar-refractivity contribution in [1.29, 1.82) is 0 Å². The molecule has 1 aliphatic carbocycles. The Morgan fingerprint density at radius 1 is 1.37 bits per heavy atom. The summed E-state index contributed by atoms with van der Waals surface area (Å²) in [6.45, 7) is 9.77. The van der Waals surface area contributed by atoms with Crippen molar-refractivity contribution >= 4 is 11.8 Å². The molecule has 2 aliphatic rings. The van der Waals surface area contributed by atoms with E-state index in [9.17, 15) is 9.59 Å². The number of rotatable bonds is 3. The Labute approximate surface area is 159 Å². The molecule has 0 saturated heterocycles. The lowest BCUT2D eigenvalue weighted by atomic mass is 9.70. The van der Waals surface area contributed by atoms with Crippen LogP contribution in [0.4, 0.5) is 0 Å². The van der Waals surface area contributed by atoms with Gasteiger partial charge in [-0.05, 0) is 26.2 Å². The lowest BCUT2D eigenvalue weighted by Crippen LogP contribution is -2.36. The van der Waals surface area contributed by atoms with Crippen molar-refractivity contribution in [3.05, 3.63) is 39.7 Å². The van der Waals surface area contributed by atoms with Gasteiger partial charge in [0.15, 0.2) is 5.78 Å². The van der Waals surface area contributed by atoms with Crippen molar-refractivity contribution < 1.29 is 19.1 Å². The van der Waals surface area contributed by atoms with E-state index in [1.807, 2.05) is 34.7 Å². The van der Waals surface area contributed by atoms with Crippen LogP contribution in [0.25, 0.3) is 0 Å². The van der Waals surface area contributed by atoms with Crippen LogP contribution < -0.4 is 5.73 Å². The topological polar surface area (TPSA) is 96.4 Å². The van der Waals surface area contributed by atoms with Gasteiger partial charge < -0.3 is 15.2 Å². The van der Waals surface area contributed by atoms with Crippen LogP contribution in [0.3, 0.4) is 0 Å². The first-order valence-corrected chi connectivity index (χ1v) is 9.18. The predicted molar refractivity (Wildman–Crippen MR) is 99.4 cm³/mol. The van der Waals surface area contributed by atoms with E-state index in [4.69, 9.17) is 15.2 Å². The standard InChI is InChI=1S/C20H27N3O4/c1-7-26-19(25)17-16(14-10(2)22-23(6)11(14)3)15-12(24)8-20(4,5)9-13(15)27-18(17)21/h16H,7-9,21H2,1-6H3. The van der Waals surface area contributed by atoms with Gasteiger partial charge in [0.25, 0.3) is 0 Å². The molecule has 0 aromatic carbocycles. The predicted octanol–water partition coefficient (Wildman–Crippen LogP) is 2.53. The van der Waals surface area contributed by atoms with E-state index >= 15 is 0 Å². The highest BCUT2D eigenvalue weighted by Gasteiger charge is 2.46. The number of aryl methyl sites for hydroxylation is 2. The summed E-state index contributed by atoms with van der Waals surface area (Å²) in [5, 5.41) is 4.47. The fourth-order valence-electron chi connectivity index (χ4n) is 4.09. The van der Waals surface area contributed by atoms with Crippen LogP contribution in [0.2, 0.25) is 0 Å². The van der Waals surface area contributed by atoms with Gasteiger partial charge in [-0.1, -0.05) is 13.8 Å². The molecule has 0 fully saturated rings. The number of aromatic nitrogens is 2. The average Bonchev–Trinajstić information content (AvgIpc) is 2.77. The molecule has 7 nitrogen and oxygen atoms in total. The molecule has 1 unspecified atom stereocenters. The van der Waals surface area contributed by atoms with Crippen molar-refractivity contribution in [2.24, 2.45) is 18.2 Å². The third-order valence-corrected chi connectivity index (χ3v) is 5.30.